The average Bonchev–Trinajstić information content (AvgIpc) is 3.00. The minimum atomic E-state index is -1.29. The largest absolute Gasteiger partial charge is 1.00 e. The van der Waals surface area contributed by atoms with Gasteiger partial charge in [-0.1, -0.05) is 0 Å². The molecule has 24 heavy (non-hydrogen) atoms. The number of furan rings is 1. The zero-order valence-electron chi connectivity index (χ0n) is 13.2. The Hall–Kier alpha value is -1.36. The Morgan fingerprint density at radius 3 is 2.71 bits per heavy atom. The maximum atomic E-state index is 12.1. The summed E-state index contributed by atoms with van der Waals surface area (Å²) in [6.07, 6.45) is 1.24. The van der Waals surface area contributed by atoms with Crippen LogP contribution in [-0.2, 0) is 9.59 Å². The van der Waals surface area contributed by atoms with Crippen molar-refractivity contribution in [1.29, 1.82) is 0 Å². The summed E-state index contributed by atoms with van der Waals surface area (Å²) in [6, 6.07) is 0.836. The van der Waals surface area contributed by atoms with Crippen LogP contribution in [0.25, 0.3) is 0 Å². The van der Waals surface area contributed by atoms with E-state index in [9.17, 15) is 24.8 Å². The van der Waals surface area contributed by atoms with Crippen molar-refractivity contribution in [3.05, 3.63) is 28.0 Å². The summed E-state index contributed by atoms with van der Waals surface area (Å²) in [6.45, 7) is 3.47. The number of amides is 1. The van der Waals surface area contributed by atoms with Crippen molar-refractivity contribution in [2.45, 2.75) is 36.1 Å². The number of carboxylic acid groups (broad SMARTS) is 1. The quantitative estimate of drug-likeness (QED) is 0.181. The van der Waals surface area contributed by atoms with Gasteiger partial charge >= 0.3 is 35.4 Å². The number of carbonyl (C=O) groups excluding carboxylic acids is 2. The van der Waals surface area contributed by atoms with Crippen molar-refractivity contribution < 1.29 is 53.6 Å². The van der Waals surface area contributed by atoms with Gasteiger partial charge in [0.05, 0.1) is 24.3 Å². The SMILES string of the molecule is CC1(C)S[C@@H]2[C@H](N=Cc3ccc([N+](=O)[O-])o3)C(=O)N2[C@H]1C(=O)[O-].[Na+]. The van der Waals surface area contributed by atoms with Crippen molar-refractivity contribution in [3.63, 3.8) is 0 Å². The van der Waals surface area contributed by atoms with Crippen molar-refractivity contribution in [2.24, 2.45) is 4.99 Å². The number of hydrogen-bond acceptors (Lipinski definition) is 8. The number of fused-ring (bicyclic) bond motifs is 1. The topological polar surface area (TPSA) is 129 Å². The van der Waals surface area contributed by atoms with E-state index in [0.717, 1.165) is 0 Å². The number of aliphatic carboxylic acids is 1. The fraction of sp³-hybridized carbons (Fsp3) is 0.462. The van der Waals surface area contributed by atoms with Crippen LogP contribution >= 0.6 is 11.8 Å². The van der Waals surface area contributed by atoms with E-state index in [0.29, 0.717) is 0 Å². The van der Waals surface area contributed by atoms with E-state index >= 15 is 0 Å². The van der Waals surface area contributed by atoms with Gasteiger partial charge in [-0.3, -0.25) is 19.9 Å². The molecule has 2 fully saturated rings. The molecule has 0 N–H and O–H groups in total. The van der Waals surface area contributed by atoms with Crippen LogP contribution in [0.4, 0.5) is 5.88 Å². The predicted octanol–water partition coefficient (Wildman–Crippen LogP) is -3.21. The first-order valence-electron chi connectivity index (χ1n) is 6.70. The normalized spacial score (nSPS) is 27.5. The second kappa shape index (κ2) is 6.51. The molecule has 0 aliphatic carbocycles. The Kier molecular flexibility index (Phi) is 5.14. The van der Waals surface area contributed by atoms with Crippen molar-refractivity contribution >= 4 is 35.7 Å². The van der Waals surface area contributed by atoms with Gasteiger partial charge in [0.2, 0.25) is 0 Å². The number of hydrogen-bond donors (Lipinski definition) is 0. The molecule has 122 valence electrons. The zero-order valence-corrected chi connectivity index (χ0v) is 16.0. The van der Waals surface area contributed by atoms with Gasteiger partial charge in [-0.15, -0.1) is 11.8 Å². The molecule has 3 atom stereocenters. The fourth-order valence-electron chi connectivity index (χ4n) is 2.77. The van der Waals surface area contributed by atoms with Gasteiger partial charge in [0.25, 0.3) is 5.91 Å². The second-order valence-electron chi connectivity index (χ2n) is 5.74. The number of carboxylic acids is 1. The summed E-state index contributed by atoms with van der Waals surface area (Å²) in [5, 5.41) is 21.4. The Bertz CT molecular complexity index is 733. The number of carbonyl (C=O) groups is 2. The Morgan fingerprint density at radius 2 is 2.17 bits per heavy atom. The summed E-state index contributed by atoms with van der Waals surface area (Å²) >= 11 is 1.34. The number of β-lactam (4-membered cyclic amide) rings is 1. The molecule has 0 aromatic carbocycles. The Labute approximate surface area is 162 Å². The summed E-state index contributed by atoms with van der Waals surface area (Å²) < 4.78 is 4.25. The third-order valence-corrected chi connectivity index (χ3v) is 5.35. The predicted molar refractivity (Wildman–Crippen MR) is 77.8 cm³/mol. The van der Waals surface area contributed by atoms with Gasteiger partial charge < -0.3 is 19.2 Å². The summed E-state index contributed by atoms with van der Waals surface area (Å²) in [7, 11) is 0. The minimum Gasteiger partial charge on any atom is -0.548 e. The average molecular weight is 361 g/mol. The first-order chi connectivity index (χ1) is 10.7. The van der Waals surface area contributed by atoms with E-state index in [2.05, 4.69) is 4.99 Å². The maximum absolute atomic E-state index is 12.1. The molecule has 0 saturated carbocycles. The molecule has 2 saturated heterocycles. The van der Waals surface area contributed by atoms with Crippen LogP contribution in [-0.4, -0.2) is 50.1 Å². The molecule has 2 aliphatic heterocycles. The van der Waals surface area contributed by atoms with Gasteiger partial charge in [0.15, 0.2) is 11.8 Å². The van der Waals surface area contributed by atoms with E-state index in [1.807, 2.05) is 0 Å². The molecule has 11 heteroatoms. The molecule has 0 radical (unpaired) electrons. The molecular formula is C13H12N3NaO6S. The van der Waals surface area contributed by atoms with Gasteiger partial charge in [-0.25, -0.2) is 0 Å². The van der Waals surface area contributed by atoms with E-state index < -0.39 is 39.5 Å². The smallest absolute Gasteiger partial charge is 0.548 e. The van der Waals surface area contributed by atoms with Crippen LogP contribution in [0.15, 0.2) is 21.5 Å². The molecule has 0 unspecified atom stereocenters. The van der Waals surface area contributed by atoms with E-state index in [1.165, 1.54) is 35.0 Å². The fourth-order valence-corrected chi connectivity index (χ4v) is 4.39. The van der Waals surface area contributed by atoms with E-state index in [-0.39, 0.29) is 40.7 Å². The minimum absolute atomic E-state index is 0. The van der Waals surface area contributed by atoms with Gasteiger partial charge in [-0.05, 0) is 19.9 Å². The third kappa shape index (κ3) is 2.99. The molecule has 0 spiro atoms. The number of thioether (sulfide) groups is 1. The standard InChI is InChI=1S/C13H13N3O6S.Na/c1-13(2)9(12(18)19)15-10(17)8(11(15)23-13)14-5-6-3-4-7(22-6)16(20)21;/h3-5,8-9,11H,1-2H3,(H,18,19);/q;+1/p-1/t8-,9+,11-;/m1./s1. The van der Waals surface area contributed by atoms with E-state index in [4.69, 9.17) is 4.42 Å². The summed E-state index contributed by atoms with van der Waals surface area (Å²) in [4.78, 5) is 38.6. The van der Waals surface area contributed by atoms with E-state index in [1.54, 1.807) is 13.8 Å². The van der Waals surface area contributed by atoms with Gasteiger partial charge in [-0.2, -0.15) is 0 Å². The van der Waals surface area contributed by atoms with Crippen LogP contribution in [0.2, 0.25) is 0 Å². The van der Waals surface area contributed by atoms with Crippen molar-refractivity contribution in [2.75, 3.05) is 0 Å². The number of nitro groups is 1. The molecule has 3 rings (SSSR count). The van der Waals surface area contributed by atoms with Crippen LogP contribution < -0.4 is 34.7 Å². The molecule has 1 amide bonds. The molecule has 3 heterocycles. The number of nitrogens with zero attached hydrogens (tertiary/aromatic N) is 3. The first kappa shape index (κ1) is 19.0. The van der Waals surface area contributed by atoms with Crippen molar-refractivity contribution in [3.8, 4) is 0 Å². The molecule has 2 aliphatic rings. The molecule has 0 bridgehead atoms. The number of rotatable bonds is 4. The molecular weight excluding hydrogens is 349 g/mol. The molecule has 1 aromatic heterocycles. The summed E-state index contributed by atoms with van der Waals surface area (Å²) in [5.41, 5.74) is 0. The maximum Gasteiger partial charge on any atom is 1.00 e. The monoisotopic (exact) mass is 361 g/mol. The second-order valence-corrected chi connectivity index (χ2v) is 7.51. The summed E-state index contributed by atoms with van der Waals surface area (Å²) in [5.74, 6) is -1.95. The number of aliphatic imine (C=N–C) groups is 1. The molecule has 9 nitrogen and oxygen atoms in total. The Morgan fingerprint density at radius 1 is 1.50 bits per heavy atom. The van der Waals surface area contributed by atoms with Gasteiger partial charge in [0.1, 0.15) is 10.3 Å². The van der Waals surface area contributed by atoms with Crippen LogP contribution in [0.5, 0.6) is 0 Å². The Balaban J connectivity index is 0.00000208. The van der Waals surface area contributed by atoms with Crippen LogP contribution in [0.3, 0.4) is 0 Å². The van der Waals surface area contributed by atoms with Crippen LogP contribution in [0.1, 0.15) is 19.6 Å². The van der Waals surface area contributed by atoms with Gasteiger partial charge in [0, 0.05) is 4.75 Å². The molecule has 1 aromatic rings. The third-order valence-electron chi connectivity index (χ3n) is 3.79. The van der Waals surface area contributed by atoms with Crippen molar-refractivity contribution in [1.82, 2.24) is 4.90 Å². The zero-order chi connectivity index (χ0) is 16.9. The van der Waals surface area contributed by atoms with Crippen LogP contribution in [0, 0.1) is 10.1 Å². The first-order valence-corrected chi connectivity index (χ1v) is 7.58.